The van der Waals surface area contributed by atoms with Gasteiger partial charge in [0, 0.05) is 18.3 Å². The van der Waals surface area contributed by atoms with Crippen LogP contribution in [0.5, 0.6) is 5.75 Å². The molecule has 0 spiro atoms. The van der Waals surface area contributed by atoms with Crippen molar-refractivity contribution in [1.29, 1.82) is 0 Å². The third-order valence-corrected chi connectivity index (χ3v) is 4.14. The number of carboxylic acids is 1. The number of nitrogens with zero attached hydrogens (tertiary/aromatic N) is 1. The Kier molecular flexibility index (Phi) is 5.38. The Morgan fingerprint density at radius 1 is 1.23 bits per heavy atom. The molecule has 3 rings (SSSR count). The summed E-state index contributed by atoms with van der Waals surface area (Å²) in [6.45, 7) is 0.589. The van der Waals surface area contributed by atoms with Crippen LogP contribution < -0.4 is 10.1 Å². The van der Waals surface area contributed by atoms with Crippen LogP contribution in [0.25, 0.3) is 0 Å². The quantitative estimate of drug-likeness (QED) is 0.855. The highest BCUT2D eigenvalue weighted by Gasteiger charge is 2.30. The number of rotatable bonds is 5. The van der Waals surface area contributed by atoms with E-state index < -0.39 is 12.1 Å². The molecule has 7 nitrogen and oxygen atoms in total. The summed E-state index contributed by atoms with van der Waals surface area (Å²) in [6, 6.07) is 14.5. The average molecular weight is 356 g/mol. The van der Waals surface area contributed by atoms with Crippen LogP contribution in [0, 0.1) is 0 Å². The first-order chi connectivity index (χ1) is 12.6. The van der Waals surface area contributed by atoms with Crippen LogP contribution in [0.2, 0.25) is 0 Å². The maximum absolute atomic E-state index is 12.9. The molecule has 0 aromatic heterocycles. The molecule has 2 N–H and O–H groups in total. The number of hydrogen-bond acceptors (Lipinski definition) is 5. The van der Waals surface area contributed by atoms with Crippen LogP contribution in [0.3, 0.4) is 0 Å². The second-order valence-electron chi connectivity index (χ2n) is 5.85. The van der Waals surface area contributed by atoms with Crippen molar-refractivity contribution in [3.63, 3.8) is 0 Å². The van der Waals surface area contributed by atoms with Gasteiger partial charge in [0.05, 0.1) is 31.5 Å². The lowest BCUT2D eigenvalue weighted by Crippen LogP contribution is -2.48. The third kappa shape index (κ3) is 3.94. The van der Waals surface area contributed by atoms with Gasteiger partial charge in [-0.15, -0.1) is 0 Å². The summed E-state index contributed by atoms with van der Waals surface area (Å²) >= 11 is 0. The third-order valence-electron chi connectivity index (χ3n) is 4.14. The van der Waals surface area contributed by atoms with Crippen molar-refractivity contribution < 1.29 is 24.2 Å². The Bertz CT molecular complexity index is 808. The van der Waals surface area contributed by atoms with E-state index in [1.807, 2.05) is 36.4 Å². The number of morpholine rings is 1. The van der Waals surface area contributed by atoms with Gasteiger partial charge in [-0.2, -0.15) is 0 Å². The van der Waals surface area contributed by atoms with E-state index in [1.165, 1.54) is 4.90 Å². The van der Waals surface area contributed by atoms with Crippen molar-refractivity contribution in [2.45, 2.75) is 6.10 Å². The van der Waals surface area contributed by atoms with Gasteiger partial charge in [0.1, 0.15) is 5.75 Å². The molecule has 1 fully saturated rings. The summed E-state index contributed by atoms with van der Waals surface area (Å²) in [5, 5.41) is 12.3. The van der Waals surface area contributed by atoms with E-state index in [4.69, 9.17) is 14.6 Å². The van der Waals surface area contributed by atoms with Gasteiger partial charge in [-0.05, 0) is 24.3 Å². The van der Waals surface area contributed by atoms with Crippen molar-refractivity contribution >= 4 is 23.3 Å². The van der Waals surface area contributed by atoms with E-state index in [0.29, 0.717) is 23.5 Å². The highest BCUT2D eigenvalue weighted by atomic mass is 16.5. The zero-order valence-electron chi connectivity index (χ0n) is 14.3. The fraction of sp³-hybridized carbons (Fsp3) is 0.263. The molecule has 136 valence electrons. The summed E-state index contributed by atoms with van der Waals surface area (Å²) in [6.07, 6.45) is -0.994. The van der Waals surface area contributed by atoms with Gasteiger partial charge in [-0.1, -0.05) is 18.2 Å². The standard InChI is InChI=1S/C19H20N2O5/c1-25-14-6-4-5-13(11-14)20-16-8-3-2-7-15(16)18(22)21-9-10-26-17(12-21)19(23)24/h2-8,11,17,20H,9-10,12H2,1H3,(H,23,24)/t17-/m0/s1. The Hall–Kier alpha value is -3.06. The molecule has 0 radical (unpaired) electrons. The molecule has 1 saturated heterocycles. The number of para-hydroxylation sites is 1. The van der Waals surface area contributed by atoms with E-state index in [-0.39, 0.29) is 19.1 Å². The number of nitrogens with one attached hydrogen (secondary N) is 1. The van der Waals surface area contributed by atoms with Crippen LogP contribution in [0.1, 0.15) is 10.4 Å². The summed E-state index contributed by atoms with van der Waals surface area (Å²) in [4.78, 5) is 25.6. The second kappa shape index (κ2) is 7.88. The molecule has 1 heterocycles. The minimum Gasteiger partial charge on any atom is -0.497 e. The first kappa shape index (κ1) is 17.8. The van der Waals surface area contributed by atoms with Gasteiger partial charge < -0.3 is 24.8 Å². The molecule has 7 heteroatoms. The van der Waals surface area contributed by atoms with E-state index in [2.05, 4.69) is 5.32 Å². The molecular formula is C19H20N2O5. The summed E-state index contributed by atoms with van der Waals surface area (Å²) in [5.41, 5.74) is 1.90. The predicted molar refractivity (Wildman–Crippen MR) is 96.0 cm³/mol. The summed E-state index contributed by atoms with van der Waals surface area (Å²) < 4.78 is 10.4. The molecule has 1 atom stereocenters. The van der Waals surface area contributed by atoms with Crippen LogP contribution in [0.15, 0.2) is 48.5 Å². The highest BCUT2D eigenvalue weighted by molar-refractivity contribution is 6.00. The maximum Gasteiger partial charge on any atom is 0.334 e. The lowest BCUT2D eigenvalue weighted by Gasteiger charge is -2.31. The normalized spacial score (nSPS) is 16.8. The van der Waals surface area contributed by atoms with Crippen LogP contribution in [0.4, 0.5) is 11.4 Å². The maximum atomic E-state index is 12.9. The molecule has 2 aromatic rings. The van der Waals surface area contributed by atoms with E-state index in [9.17, 15) is 9.59 Å². The number of anilines is 2. The summed E-state index contributed by atoms with van der Waals surface area (Å²) in [5.74, 6) is -0.591. The molecule has 0 saturated carbocycles. The number of methoxy groups -OCH3 is 1. The van der Waals surface area contributed by atoms with Crippen molar-refractivity contribution in [3.05, 3.63) is 54.1 Å². The van der Waals surface area contributed by atoms with E-state index in [1.54, 1.807) is 19.2 Å². The minimum atomic E-state index is -1.06. The van der Waals surface area contributed by atoms with Crippen LogP contribution in [-0.4, -0.2) is 54.8 Å². The first-order valence-corrected chi connectivity index (χ1v) is 8.22. The Labute approximate surface area is 151 Å². The summed E-state index contributed by atoms with van der Waals surface area (Å²) in [7, 11) is 1.59. The van der Waals surface area contributed by atoms with E-state index in [0.717, 1.165) is 5.69 Å². The van der Waals surface area contributed by atoms with Gasteiger partial charge in [-0.3, -0.25) is 4.79 Å². The van der Waals surface area contributed by atoms with Gasteiger partial charge in [-0.25, -0.2) is 4.79 Å². The number of amides is 1. The number of ether oxygens (including phenoxy) is 2. The fourth-order valence-electron chi connectivity index (χ4n) is 2.79. The van der Waals surface area contributed by atoms with Gasteiger partial charge >= 0.3 is 5.97 Å². The number of benzene rings is 2. The Balaban J connectivity index is 1.82. The minimum absolute atomic E-state index is 0.0294. The Morgan fingerprint density at radius 3 is 2.81 bits per heavy atom. The van der Waals surface area contributed by atoms with E-state index >= 15 is 0 Å². The van der Waals surface area contributed by atoms with Crippen LogP contribution >= 0.6 is 0 Å². The molecule has 0 unspecified atom stereocenters. The largest absolute Gasteiger partial charge is 0.497 e. The lowest BCUT2D eigenvalue weighted by molar-refractivity contribution is -0.154. The molecule has 0 bridgehead atoms. The smallest absolute Gasteiger partial charge is 0.334 e. The number of aliphatic carboxylic acids is 1. The lowest BCUT2D eigenvalue weighted by atomic mass is 10.1. The van der Waals surface area contributed by atoms with Crippen molar-refractivity contribution in [2.75, 3.05) is 32.1 Å². The van der Waals surface area contributed by atoms with Crippen molar-refractivity contribution in [3.8, 4) is 5.75 Å². The molecule has 2 aromatic carbocycles. The van der Waals surface area contributed by atoms with Gasteiger partial charge in [0.2, 0.25) is 0 Å². The SMILES string of the molecule is COc1cccc(Nc2ccccc2C(=O)N2CCO[C@H](C(=O)O)C2)c1. The highest BCUT2D eigenvalue weighted by Crippen LogP contribution is 2.25. The Morgan fingerprint density at radius 2 is 2.04 bits per heavy atom. The number of carbonyl (C=O) groups is 2. The van der Waals surface area contributed by atoms with Crippen molar-refractivity contribution in [2.24, 2.45) is 0 Å². The zero-order chi connectivity index (χ0) is 18.5. The van der Waals surface area contributed by atoms with Gasteiger partial charge in [0.15, 0.2) is 6.10 Å². The molecule has 1 aliphatic rings. The van der Waals surface area contributed by atoms with Crippen molar-refractivity contribution in [1.82, 2.24) is 4.90 Å². The van der Waals surface area contributed by atoms with Crippen LogP contribution in [-0.2, 0) is 9.53 Å². The molecular weight excluding hydrogens is 336 g/mol. The fourth-order valence-corrected chi connectivity index (χ4v) is 2.79. The number of hydrogen-bond donors (Lipinski definition) is 2. The number of carbonyl (C=O) groups excluding carboxylic acids is 1. The topological polar surface area (TPSA) is 88.1 Å². The molecule has 0 aliphatic carbocycles. The second-order valence-corrected chi connectivity index (χ2v) is 5.85. The monoisotopic (exact) mass is 356 g/mol. The molecule has 1 aliphatic heterocycles. The first-order valence-electron chi connectivity index (χ1n) is 8.22. The zero-order valence-corrected chi connectivity index (χ0v) is 14.3. The number of carboxylic acid groups (broad SMARTS) is 1. The molecule has 1 amide bonds. The average Bonchev–Trinajstić information content (AvgIpc) is 2.68. The van der Waals surface area contributed by atoms with Gasteiger partial charge in [0.25, 0.3) is 5.91 Å². The predicted octanol–water partition coefficient (Wildman–Crippen LogP) is 2.36. The molecule has 26 heavy (non-hydrogen) atoms.